The maximum atomic E-state index is 12.7. The highest BCUT2D eigenvalue weighted by Crippen LogP contribution is 2.31. The molecule has 1 heterocycles. The average molecular weight is 382 g/mol. The first-order chi connectivity index (χ1) is 13.0. The summed E-state index contributed by atoms with van der Waals surface area (Å²) in [6, 6.07) is 17.3. The number of hydrogen-bond donors (Lipinski definition) is 0. The number of aromatic nitrogens is 3. The van der Waals surface area contributed by atoms with Crippen molar-refractivity contribution in [2.75, 3.05) is 7.11 Å². The molecule has 2 aromatic carbocycles. The molecule has 0 aliphatic carbocycles. The number of ether oxygens (including phenoxy) is 1. The van der Waals surface area contributed by atoms with Crippen molar-refractivity contribution >= 4 is 17.5 Å². The summed E-state index contributed by atoms with van der Waals surface area (Å²) in [5.74, 6) is 1.67. The minimum Gasteiger partial charge on any atom is -0.497 e. The van der Waals surface area contributed by atoms with Crippen molar-refractivity contribution in [2.24, 2.45) is 0 Å². The highest BCUT2D eigenvalue weighted by atomic mass is 32.2. The third-order valence-corrected chi connectivity index (χ3v) is 5.30. The first kappa shape index (κ1) is 19.2. The van der Waals surface area contributed by atoms with Crippen LogP contribution < -0.4 is 4.74 Å². The van der Waals surface area contributed by atoms with Crippen molar-refractivity contribution in [1.82, 2.24) is 14.8 Å². The second-order valence-corrected chi connectivity index (χ2v) is 7.80. The van der Waals surface area contributed by atoms with Crippen LogP contribution in [0.2, 0.25) is 0 Å². The molecular formula is C21H23N3O2S. The van der Waals surface area contributed by atoms with Crippen LogP contribution in [0.4, 0.5) is 0 Å². The largest absolute Gasteiger partial charge is 0.497 e. The van der Waals surface area contributed by atoms with Crippen molar-refractivity contribution in [1.29, 1.82) is 0 Å². The monoisotopic (exact) mass is 381 g/mol. The molecule has 0 amide bonds. The van der Waals surface area contributed by atoms with Gasteiger partial charge in [0, 0.05) is 17.2 Å². The quantitative estimate of drug-likeness (QED) is 0.430. The van der Waals surface area contributed by atoms with Crippen molar-refractivity contribution < 1.29 is 9.53 Å². The summed E-state index contributed by atoms with van der Waals surface area (Å²) in [7, 11) is 1.64. The van der Waals surface area contributed by atoms with Gasteiger partial charge in [0.2, 0.25) is 0 Å². The third kappa shape index (κ3) is 4.22. The summed E-state index contributed by atoms with van der Waals surface area (Å²) in [6.07, 6.45) is 0. The zero-order valence-electron chi connectivity index (χ0n) is 15.9. The fourth-order valence-electron chi connectivity index (χ4n) is 2.81. The normalized spacial score (nSPS) is 12.2. The van der Waals surface area contributed by atoms with E-state index in [9.17, 15) is 4.79 Å². The molecule has 0 bridgehead atoms. The van der Waals surface area contributed by atoms with Crippen molar-refractivity contribution in [3.8, 4) is 17.1 Å². The van der Waals surface area contributed by atoms with E-state index in [2.05, 4.69) is 28.6 Å². The molecule has 5 nitrogen and oxygen atoms in total. The van der Waals surface area contributed by atoms with E-state index in [1.807, 2.05) is 61.5 Å². The summed E-state index contributed by atoms with van der Waals surface area (Å²) in [4.78, 5) is 12.7. The van der Waals surface area contributed by atoms with Gasteiger partial charge in [0.15, 0.2) is 16.8 Å². The molecule has 0 saturated carbocycles. The maximum Gasteiger partial charge on any atom is 0.192 e. The Hall–Kier alpha value is -2.60. The summed E-state index contributed by atoms with van der Waals surface area (Å²) < 4.78 is 7.30. The molecule has 6 heteroatoms. The molecule has 140 valence electrons. The van der Waals surface area contributed by atoms with E-state index in [4.69, 9.17) is 4.74 Å². The number of carbonyl (C=O) groups is 1. The molecule has 27 heavy (non-hydrogen) atoms. The lowest BCUT2D eigenvalue weighted by molar-refractivity contribution is 0.0994. The van der Waals surface area contributed by atoms with E-state index < -0.39 is 0 Å². The van der Waals surface area contributed by atoms with Gasteiger partial charge in [0.25, 0.3) is 0 Å². The highest BCUT2D eigenvalue weighted by Gasteiger charge is 2.22. The van der Waals surface area contributed by atoms with Crippen LogP contribution in [-0.2, 0) is 0 Å². The highest BCUT2D eigenvalue weighted by molar-refractivity contribution is 8.00. The first-order valence-corrected chi connectivity index (χ1v) is 9.74. The minimum atomic E-state index is -0.252. The van der Waals surface area contributed by atoms with Gasteiger partial charge in [-0.2, -0.15) is 0 Å². The van der Waals surface area contributed by atoms with Crippen molar-refractivity contribution in [2.45, 2.75) is 37.2 Å². The van der Waals surface area contributed by atoms with Crippen LogP contribution in [0, 0.1) is 0 Å². The van der Waals surface area contributed by atoms with Crippen LogP contribution in [0.5, 0.6) is 5.75 Å². The topological polar surface area (TPSA) is 57.0 Å². The Balaban J connectivity index is 1.87. The predicted octanol–water partition coefficient (Wildman–Crippen LogP) is 4.90. The molecule has 3 rings (SSSR count). The number of thioether (sulfide) groups is 1. The summed E-state index contributed by atoms with van der Waals surface area (Å²) in [5.41, 5.74) is 1.68. The molecule has 0 aliphatic heterocycles. The molecule has 0 fully saturated rings. The third-order valence-electron chi connectivity index (χ3n) is 4.24. The van der Waals surface area contributed by atoms with E-state index in [0.29, 0.717) is 5.56 Å². The number of nitrogens with zero attached hydrogens (tertiary/aromatic N) is 3. The van der Waals surface area contributed by atoms with Crippen molar-refractivity contribution in [3.05, 3.63) is 60.2 Å². The molecule has 0 unspecified atom stereocenters. The van der Waals surface area contributed by atoms with Gasteiger partial charge >= 0.3 is 0 Å². The maximum absolute atomic E-state index is 12.7. The molecule has 0 radical (unpaired) electrons. The number of ketones is 1. The number of Topliss-reactive ketones (excluding diaryl/α,β-unsaturated/α-hetero) is 1. The zero-order valence-corrected chi connectivity index (χ0v) is 16.7. The van der Waals surface area contributed by atoms with Gasteiger partial charge in [-0.1, -0.05) is 42.1 Å². The molecule has 1 aromatic heterocycles. The molecule has 0 spiro atoms. The molecule has 0 saturated heterocycles. The molecule has 3 aromatic rings. The Kier molecular flexibility index (Phi) is 5.96. The van der Waals surface area contributed by atoms with Gasteiger partial charge in [-0.25, -0.2) is 0 Å². The van der Waals surface area contributed by atoms with E-state index in [-0.39, 0.29) is 17.1 Å². The van der Waals surface area contributed by atoms with E-state index in [1.165, 1.54) is 11.8 Å². The Morgan fingerprint density at radius 3 is 2.26 bits per heavy atom. The second-order valence-electron chi connectivity index (χ2n) is 6.49. The molecular weight excluding hydrogens is 358 g/mol. The Morgan fingerprint density at radius 1 is 1.00 bits per heavy atom. The van der Waals surface area contributed by atoms with Gasteiger partial charge in [-0.05, 0) is 45.0 Å². The van der Waals surface area contributed by atoms with Crippen LogP contribution >= 0.6 is 11.8 Å². The predicted molar refractivity (Wildman–Crippen MR) is 108 cm³/mol. The Bertz CT molecular complexity index is 905. The number of rotatable bonds is 7. The van der Waals surface area contributed by atoms with Gasteiger partial charge in [-0.3, -0.25) is 9.36 Å². The zero-order chi connectivity index (χ0) is 19.4. The summed E-state index contributed by atoms with van der Waals surface area (Å²) in [5, 5.41) is 9.24. The second kappa shape index (κ2) is 8.39. The lowest BCUT2D eigenvalue weighted by Gasteiger charge is -2.16. The van der Waals surface area contributed by atoms with Crippen molar-refractivity contribution in [3.63, 3.8) is 0 Å². The smallest absolute Gasteiger partial charge is 0.192 e. The molecule has 1 atom stereocenters. The van der Waals surface area contributed by atoms with Gasteiger partial charge in [0.05, 0.1) is 12.4 Å². The molecule has 0 N–H and O–H groups in total. The van der Waals surface area contributed by atoms with Gasteiger partial charge in [0.1, 0.15) is 5.75 Å². The van der Waals surface area contributed by atoms with Crippen LogP contribution in [0.3, 0.4) is 0 Å². The number of carbonyl (C=O) groups excluding carboxylic acids is 1. The van der Waals surface area contributed by atoms with Crippen LogP contribution in [0.25, 0.3) is 11.4 Å². The summed E-state index contributed by atoms with van der Waals surface area (Å²) >= 11 is 1.44. The number of methoxy groups -OCH3 is 1. The van der Waals surface area contributed by atoms with E-state index >= 15 is 0 Å². The lowest BCUT2D eigenvalue weighted by atomic mass is 10.1. The Morgan fingerprint density at radius 2 is 1.67 bits per heavy atom. The fourth-order valence-corrected chi connectivity index (χ4v) is 3.87. The van der Waals surface area contributed by atoms with Crippen LogP contribution in [0.15, 0.2) is 59.8 Å². The van der Waals surface area contributed by atoms with E-state index in [1.54, 1.807) is 7.11 Å². The van der Waals surface area contributed by atoms with Crippen LogP contribution in [-0.4, -0.2) is 32.9 Å². The SMILES string of the molecule is COc1ccc(-c2nnc(S[C@H](C)C(=O)c3ccccc3)n2C(C)C)cc1. The van der Waals surface area contributed by atoms with Gasteiger partial charge < -0.3 is 4.74 Å². The summed E-state index contributed by atoms with van der Waals surface area (Å²) in [6.45, 7) is 6.08. The fraction of sp³-hybridized carbons (Fsp3) is 0.286. The number of hydrogen-bond acceptors (Lipinski definition) is 5. The molecule has 0 aliphatic rings. The first-order valence-electron chi connectivity index (χ1n) is 8.86. The van der Waals surface area contributed by atoms with Crippen LogP contribution in [0.1, 0.15) is 37.2 Å². The lowest BCUT2D eigenvalue weighted by Crippen LogP contribution is -2.15. The average Bonchev–Trinajstić information content (AvgIpc) is 3.11. The Labute approximate surface area is 163 Å². The number of benzene rings is 2. The standard InChI is InChI=1S/C21H23N3O2S/c1-14(2)24-20(17-10-12-18(26-4)13-11-17)22-23-21(24)27-15(3)19(25)16-8-6-5-7-9-16/h5-15H,1-4H3/t15-/m1/s1. The minimum absolute atomic E-state index is 0.0879. The van der Waals surface area contributed by atoms with Gasteiger partial charge in [-0.15, -0.1) is 10.2 Å². The van der Waals surface area contributed by atoms with E-state index in [0.717, 1.165) is 22.3 Å².